The number of carbonyl (C=O) groups excluding carboxylic acids is 2. The Labute approximate surface area is 216 Å². The van der Waals surface area contributed by atoms with Gasteiger partial charge in [-0.15, -0.1) is 0 Å². The van der Waals surface area contributed by atoms with Crippen molar-refractivity contribution in [1.82, 2.24) is 5.32 Å². The Morgan fingerprint density at radius 3 is 2.56 bits per heavy atom. The second-order valence-corrected chi connectivity index (χ2v) is 9.44. The summed E-state index contributed by atoms with van der Waals surface area (Å²) in [6.45, 7) is 3.99. The molecule has 1 atom stereocenters. The van der Waals surface area contributed by atoms with Crippen molar-refractivity contribution in [3.8, 4) is 5.75 Å². The first-order valence-corrected chi connectivity index (χ1v) is 12.4. The topological polar surface area (TPSA) is 64.6 Å². The zero-order valence-corrected chi connectivity index (χ0v) is 21.3. The van der Waals surface area contributed by atoms with Gasteiger partial charge in [-0.25, -0.2) is 9.18 Å². The molecule has 0 fully saturated rings. The van der Waals surface area contributed by atoms with Crippen molar-refractivity contribution in [2.75, 3.05) is 6.61 Å². The number of rotatable bonds is 6. The molecule has 0 spiro atoms. The molecule has 182 valence electrons. The smallest absolute Gasteiger partial charge is 0.336 e. The van der Waals surface area contributed by atoms with Crippen LogP contribution in [-0.4, -0.2) is 18.4 Å². The predicted octanol–water partition coefficient (Wildman–Crippen LogP) is 6.30. The van der Waals surface area contributed by atoms with Gasteiger partial charge in [-0.2, -0.15) is 0 Å². The van der Waals surface area contributed by atoms with Gasteiger partial charge in [0, 0.05) is 28.3 Å². The number of Topliss-reactive ketones (excluding diaryl/α,β-unsaturated/α-hetero) is 1. The molecule has 0 aromatic heterocycles. The molecule has 5 nitrogen and oxygen atoms in total. The fourth-order valence-electron chi connectivity index (χ4n) is 4.74. The highest BCUT2D eigenvalue weighted by molar-refractivity contribution is 9.10. The van der Waals surface area contributed by atoms with Gasteiger partial charge in [-0.3, -0.25) is 4.79 Å². The van der Waals surface area contributed by atoms with Crippen LogP contribution in [0.1, 0.15) is 46.8 Å². The van der Waals surface area contributed by atoms with Gasteiger partial charge in [0.1, 0.15) is 18.2 Å². The van der Waals surface area contributed by atoms with Crippen molar-refractivity contribution < 1.29 is 23.5 Å². The lowest BCUT2D eigenvalue weighted by molar-refractivity contribution is -0.138. The normalized spacial score (nSPS) is 16.4. The van der Waals surface area contributed by atoms with Gasteiger partial charge in [0.25, 0.3) is 0 Å². The maximum atomic E-state index is 13.5. The molecular weight excluding hydrogens is 525 g/mol. The second-order valence-electron chi connectivity index (χ2n) is 8.59. The number of carbonyl (C=O) groups is 2. The number of ether oxygens (including phenoxy) is 2. The van der Waals surface area contributed by atoms with E-state index >= 15 is 0 Å². The molecule has 36 heavy (non-hydrogen) atoms. The van der Waals surface area contributed by atoms with Crippen molar-refractivity contribution >= 4 is 33.4 Å². The van der Waals surface area contributed by atoms with E-state index in [0.717, 1.165) is 11.1 Å². The number of allylic oxidation sites excluding steroid dienone is 2. The summed E-state index contributed by atoms with van der Waals surface area (Å²) in [5, 5.41) is 3.29. The molecular formula is C29H23BrFNO4. The summed E-state index contributed by atoms with van der Waals surface area (Å²) in [6.07, 6.45) is 0. The van der Waals surface area contributed by atoms with Crippen LogP contribution in [0.15, 0.2) is 88.0 Å². The standard InChI is InChI=1S/C29H23BrFNO4/c1-3-35-29(34)24-16(2)32-27-20-9-4-5-10-21(20)28(33)26(27)25(24)18-11-12-23(22(30)14-18)36-15-17-7-6-8-19(31)13-17/h4-14,25,32H,3,15H2,1-2H3/t25-/m0/s1. The van der Waals surface area contributed by atoms with Crippen LogP contribution < -0.4 is 10.1 Å². The van der Waals surface area contributed by atoms with E-state index in [0.29, 0.717) is 43.9 Å². The molecule has 1 aliphatic carbocycles. The molecule has 3 aromatic rings. The molecule has 0 bridgehead atoms. The van der Waals surface area contributed by atoms with Crippen LogP contribution in [0.5, 0.6) is 5.75 Å². The Morgan fingerprint density at radius 2 is 1.83 bits per heavy atom. The molecule has 5 rings (SSSR count). The number of dihydropyridines is 1. The van der Waals surface area contributed by atoms with Crippen LogP contribution in [0.3, 0.4) is 0 Å². The Morgan fingerprint density at radius 1 is 1.06 bits per heavy atom. The maximum absolute atomic E-state index is 13.5. The number of fused-ring (bicyclic) bond motifs is 2. The average molecular weight is 548 g/mol. The van der Waals surface area contributed by atoms with E-state index < -0.39 is 11.9 Å². The highest BCUT2D eigenvalue weighted by atomic mass is 79.9. The lowest BCUT2D eigenvalue weighted by atomic mass is 9.80. The average Bonchev–Trinajstić information content (AvgIpc) is 3.14. The van der Waals surface area contributed by atoms with Crippen molar-refractivity contribution in [1.29, 1.82) is 0 Å². The fraction of sp³-hybridized carbons (Fsp3) is 0.172. The molecule has 1 N–H and O–H groups in total. The summed E-state index contributed by atoms with van der Waals surface area (Å²) in [6, 6.07) is 19.1. The Balaban J connectivity index is 1.54. The summed E-state index contributed by atoms with van der Waals surface area (Å²) in [5.74, 6) is -0.962. The minimum Gasteiger partial charge on any atom is -0.488 e. The van der Waals surface area contributed by atoms with Gasteiger partial charge in [0.2, 0.25) is 0 Å². The molecule has 0 radical (unpaired) electrons. The number of halogens is 2. The number of benzene rings is 3. The van der Waals surface area contributed by atoms with Crippen molar-refractivity contribution in [2.45, 2.75) is 26.4 Å². The first-order valence-electron chi connectivity index (χ1n) is 11.6. The molecule has 3 aromatic carbocycles. The highest BCUT2D eigenvalue weighted by Crippen LogP contribution is 2.47. The molecule has 1 heterocycles. The molecule has 0 amide bonds. The van der Waals surface area contributed by atoms with E-state index in [2.05, 4.69) is 21.2 Å². The van der Waals surface area contributed by atoms with Gasteiger partial charge in [-0.1, -0.05) is 42.5 Å². The summed E-state index contributed by atoms with van der Waals surface area (Å²) >= 11 is 3.57. The number of nitrogens with one attached hydrogen (secondary N) is 1. The predicted molar refractivity (Wildman–Crippen MR) is 138 cm³/mol. The lowest BCUT2D eigenvalue weighted by Gasteiger charge is -2.29. The fourth-order valence-corrected chi connectivity index (χ4v) is 5.25. The van der Waals surface area contributed by atoms with E-state index in [1.165, 1.54) is 12.1 Å². The molecule has 1 aliphatic heterocycles. The second kappa shape index (κ2) is 9.74. The molecule has 0 saturated heterocycles. The molecule has 0 unspecified atom stereocenters. The number of hydrogen-bond acceptors (Lipinski definition) is 5. The van der Waals surface area contributed by atoms with Gasteiger partial charge in [0.05, 0.1) is 22.3 Å². The minimum atomic E-state index is -0.617. The third-order valence-corrected chi connectivity index (χ3v) is 6.94. The van der Waals surface area contributed by atoms with Crippen LogP contribution in [0.4, 0.5) is 4.39 Å². The Hall–Kier alpha value is -3.71. The molecule has 2 aliphatic rings. The largest absolute Gasteiger partial charge is 0.488 e. The lowest BCUT2D eigenvalue weighted by Crippen LogP contribution is -2.29. The summed E-state index contributed by atoms with van der Waals surface area (Å²) in [5.41, 5.74) is 5.15. The van der Waals surface area contributed by atoms with Crippen LogP contribution in [0, 0.1) is 5.82 Å². The van der Waals surface area contributed by atoms with Gasteiger partial charge < -0.3 is 14.8 Å². The van der Waals surface area contributed by atoms with E-state index in [1.54, 1.807) is 31.2 Å². The van der Waals surface area contributed by atoms with Crippen LogP contribution >= 0.6 is 15.9 Å². The Kier molecular flexibility index (Phi) is 6.49. The Bertz CT molecular complexity index is 1460. The zero-order valence-electron chi connectivity index (χ0n) is 19.7. The van der Waals surface area contributed by atoms with Crippen molar-refractivity contribution in [3.63, 3.8) is 0 Å². The quantitative estimate of drug-likeness (QED) is 0.367. The summed E-state index contributed by atoms with van der Waals surface area (Å²) in [7, 11) is 0. The minimum absolute atomic E-state index is 0.116. The van der Waals surface area contributed by atoms with Crippen LogP contribution in [0.25, 0.3) is 5.70 Å². The van der Waals surface area contributed by atoms with E-state index in [9.17, 15) is 14.0 Å². The SMILES string of the molecule is CCOC(=O)C1=C(C)NC2=C(C(=O)c3ccccc32)[C@H]1c1ccc(OCc2cccc(F)c2)c(Br)c1. The highest BCUT2D eigenvalue weighted by Gasteiger charge is 2.43. The van der Waals surface area contributed by atoms with Gasteiger partial charge >= 0.3 is 5.97 Å². The zero-order chi connectivity index (χ0) is 25.4. The summed E-state index contributed by atoms with van der Waals surface area (Å²) < 4.78 is 25.4. The first-order chi connectivity index (χ1) is 17.4. The van der Waals surface area contributed by atoms with E-state index in [4.69, 9.17) is 9.47 Å². The third kappa shape index (κ3) is 4.24. The van der Waals surface area contributed by atoms with E-state index in [-0.39, 0.29) is 24.8 Å². The van der Waals surface area contributed by atoms with Crippen molar-refractivity contribution in [3.05, 3.63) is 116 Å². The van der Waals surface area contributed by atoms with E-state index in [1.807, 2.05) is 37.3 Å². The van der Waals surface area contributed by atoms with Gasteiger partial charge in [0.15, 0.2) is 5.78 Å². The number of hydrogen-bond donors (Lipinski definition) is 1. The number of esters is 1. The third-order valence-electron chi connectivity index (χ3n) is 6.32. The number of ketones is 1. The first kappa shape index (κ1) is 24.0. The van der Waals surface area contributed by atoms with Crippen LogP contribution in [0.2, 0.25) is 0 Å². The van der Waals surface area contributed by atoms with Gasteiger partial charge in [-0.05, 0) is 65.2 Å². The monoisotopic (exact) mass is 547 g/mol. The molecule has 0 saturated carbocycles. The van der Waals surface area contributed by atoms with Crippen molar-refractivity contribution in [2.24, 2.45) is 0 Å². The maximum Gasteiger partial charge on any atom is 0.336 e. The molecule has 7 heteroatoms. The summed E-state index contributed by atoms with van der Waals surface area (Å²) in [4.78, 5) is 26.6. The van der Waals surface area contributed by atoms with Crippen LogP contribution in [-0.2, 0) is 16.1 Å².